The van der Waals surface area contributed by atoms with Gasteiger partial charge in [-0.25, -0.2) is 22.9 Å². The fourth-order valence-corrected chi connectivity index (χ4v) is 7.13. The summed E-state index contributed by atoms with van der Waals surface area (Å²) in [5, 5.41) is 17.5. The van der Waals surface area contributed by atoms with Crippen molar-refractivity contribution in [1.82, 2.24) is 35.1 Å². The quantitative estimate of drug-likeness (QED) is 0.188. The first-order chi connectivity index (χ1) is 23.8. The zero-order valence-electron chi connectivity index (χ0n) is 28.5. The van der Waals surface area contributed by atoms with E-state index in [2.05, 4.69) is 50.6 Å². The standard InChI is InChI=1S/C34H41N11O4S/c1-23-21-35-32(39-31(23)36-25-8-6-10-27(20-25)50(48,49)42-34(2,3)4)37-28-11-12-29(41-40-28)44-17-15-43(16-18-44)22-24-7-5-9-26(19-24)45-14-13-30(46)38-33(45)47/h5-12,19-21,42H,13-18,22H2,1-4H3,(H,38,46,47)(H2,35,36,37,39,40). The molecule has 0 atom stereocenters. The Bertz CT molecular complexity index is 1980. The van der Waals surface area contributed by atoms with E-state index in [9.17, 15) is 18.0 Å². The molecule has 0 bridgehead atoms. The smallest absolute Gasteiger partial charge is 0.328 e. The summed E-state index contributed by atoms with van der Waals surface area (Å²) in [6.45, 7) is 11.6. The monoisotopic (exact) mass is 699 g/mol. The molecule has 2 aromatic carbocycles. The van der Waals surface area contributed by atoms with Crippen molar-refractivity contribution < 1.29 is 18.0 Å². The first kappa shape index (κ1) is 34.7. The van der Waals surface area contributed by atoms with Crippen LogP contribution in [0.4, 0.5) is 39.6 Å². The van der Waals surface area contributed by atoms with Gasteiger partial charge in [0, 0.05) is 74.4 Å². The summed E-state index contributed by atoms with van der Waals surface area (Å²) < 4.78 is 28.4. The maximum Gasteiger partial charge on any atom is 0.328 e. The van der Waals surface area contributed by atoms with Crippen LogP contribution >= 0.6 is 0 Å². The summed E-state index contributed by atoms with van der Waals surface area (Å²) >= 11 is 0. The number of aryl methyl sites for hydroxylation is 1. The van der Waals surface area contributed by atoms with Gasteiger partial charge in [0.15, 0.2) is 11.6 Å². The van der Waals surface area contributed by atoms with Gasteiger partial charge in [-0.1, -0.05) is 18.2 Å². The van der Waals surface area contributed by atoms with Gasteiger partial charge in [-0.05, 0) is 75.7 Å². The van der Waals surface area contributed by atoms with Gasteiger partial charge in [0.2, 0.25) is 21.9 Å². The highest BCUT2D eigenvalue weighted by atomic mass is 32.2. The number of sulfonamides is 1. The molecule has 0 radical (unpaired) electrons. The average molecular weight is 700 g/mol. The van der Waals surface area contributed by atoms with Crippen LogP contribution in [0.5, 0.6) is 0 Å². The Labute approximate surface area is 291 Å². The van der Waals surface area contributed by atoms with Crippen molar-refractivity contribution in [2.75, 3.05) is 53.2 Å². The predicted octanol–water partition coefficient (Wildman–Crippen LogP) is 3.91. The summed E-state index contributed by atoms with van der Waals surface area (Å²) in [4.78, 5) is 39.1. The number of hydrogen-bond acceptors (Lipinski definition) is 12. The van der Waals surface area contributed by atoms with Crippen LogP contribution in [0, 0.1) is 6.92 Å². The minimum absolute atomic E-state index is 0.148. The minimum atomic E-state index is -3.70. The summed E-state index contributed by atoms with van der Waals surface area (Å²) in [5.74, 6) is 1.83. The molecule has 4 heterocycles. The van der Waals surface area contributed by atoms with Crippen molar-refractivity contribution in [3.05, 3.63) is 78.0 Å². The molecule has 0 aliphatic carbocycles. The lowest BCUT2D eigenvalue weighted by Crippen LogP contribution is -2.49. The summed E-state index contributed by atoms with van der Waals surface area (Å²) in [6.07, 6.45) is 1.96. The van der Waals surface area contributed by atoms with E-state index in [1.54, 1.807) is 56.1 Å². The van der Waals surface area contributed by atoms with E-state index in [-0.39, 0.29) is 16.8 Å². The number of carbonyl (C=O) groups excluding carboxylic acids is 2. The first-order valence-electron chi connectivity index (χ1n) is 16.3. The summed E-state index contributed by atoms with van der Waals surface area (Å²) in [5.41, 5.74) is 2.61. The maximum atomic E-state index is 12.8. The molecule has 2 saturated heterocycles. The molecule has 16 heteroatoms. The molecular formula is C34H41N11O4S. The fourth-order valence-electron chi connectivity index (χ4n) is 5.67. The van der Waals surface area contributed by atoms with Crippen molar-refractivity contribution in [2.24, 2.45) is 0 Å². The van der Waals surface area contributed by atoms with Crippen LogP contribution in [0.15, 0.2) is 71.8 Å². The van der Waals surface area contributed by atoms with Crippen LogP contribution in [0.3, 0.4) is 0 Å². The Morgan fingerprint density at radius 3 is 2.40 bits per heavy atom. The number of anilines is 6. The molecule has 2 fully saturated rings. The topological polar surface area (TPSA) is 178 Å². The molecule has 50 heavy (non-hydrogen) atoms. The number of hydrogen-bond donors (Lipinski definition) is 4. The molecule has 6 rings (SSSR count). The molecule has 4 N–H and O–H groups in total. The lowest BCUT2D eigenvalue weighted by Gasteiger charge is -2.35. The van der Waals surface area contributed by atoms with E-state index in [0.717, 1.165) is 55.4 Å². The van der Waals surface area contributed by atoms with Crippen molar-refractivity contribution >= 4 is 56.7 Å². The Morgan fingerprint density at radius 1 is 0.900 bits per heavy atom. The zero-order chi connectivity index (χ0) is 35.5. The number of urea groups is 1. The molecule has 3 amide bonds. The number of aromatic nitrogens is 4. The number of carbonyl (C=O) groups is 2. The van der Waals surface area contributed by atoms with Gasteiger partial charge in [-0.3, -0.25) is 19.9 Å². The number of imide groups is 1. The lowest BCUT2D eigenvalue weighted by atomic mass is 10.1. The second-order valence-electron chi connectivity index (χ2n) is 13.3. The summed E-state index contributed by atoms with van der Waals surface area (Å²) in [6, 6.07) is 17.8. The average Bonchev–Trinajstić information content (AvgIpc) is 3.06. The second kappa shape index (κ2) is 14.3. The molecule has 0 saturated carbocycles. The molecule has 0 spiro atoms. The summed E-state index contributed by atoms with van der Waals surface area (Å²) in [7, 11) is -3.70. The van der Waals surface area contributed by atoms with E-state index in [1.165, 1.54) is 0 Å². The van der Waals surface area contributed by atoms with Gasteiger partial charge in [0.1, 0.15) is 5.82 Å². The van der Waals surface area contributed by atoms with E-state index in [0.29, 0.717) is 36.2 Å². The van der Waals surface area contributed by atoms with E-state index in [1.807, 2.05) is 43.3 Å². The molecule has 2 aromatic heterocycles. The molecule has 2 aliphatic rings. The maximum absolute atomic E-state index is 12.8. The van der Waals surface area contributed by atoms with Crippen molar-refractivity contribution in [3.63, 3.8) is 0 Å². The van der Waals surface area contributed by atoms with Gasteiger partial charge in [-0.2, -0.15) is 4.98 Å². The van der Waals surface area contributed by atoms with Crippen molar-refractivity contribution in [3.8, 4) is 0 Å². The number of piperazine rings is 1. The third-order valence-corrected chi connectivity index (χ3v) is 9.84. The Balaban J connectivity index is 1.03. The van der Waals surface area contributed by atoms with Crippen molar-refractivity contribution in [1.29, 1.82) is 0 Å². The highest BCUT2D eigenvalue weighted by Gasteiger charge is 2.25. The lowest BCUT2D eigenvalue weighted by molar-refractivity contribution is -0.120. The molecule has 4 aromatic rings. The molecule has 262 valence electrons. The Kier molecular flexibility index (Phi) is 9.95. The van der Waals surface area contributed by atoms with E-state index >= 15 is 0 Å². The number of nitrogens with zero attached hydrogens (tertiary/aromatic N) is 7. The molecule has 2 aliphatic heterocycles. The van der Waals surface area contributed by atoms with Crippen LogP contribution < -0.4 is 30.5 Å². The van der Waals surface area contributed by atoms with Gasteiger partial charge in [0.05, 0.1) is 4.90 Å². The Hall–Kier alpha value is -5.19. The van der Waals surface area contributed by atoms with E-state index in [4.69, 9.17) is 0 Å². The highest BCUT2D eigenvalue weighted by Crippen LogP contribution is 2.25. The van der Waals surface area contributed by atoms with Crippen molar-refractivity contribution in [2.45, 2.75) is 51.1 Å². The molecule has 15 nitrogen and oxygen atoms in total. The third-order valence-electron chi connectivity index (χ3n) is 8.09. The van der Waals surface area contributed by atoms with Gasteiger partial charge < -0.3 is 15.5 Å². The third kappa shape index (κ3) is 8.69. The van der Waals surface area contributed by atoms with Crippen LogP contribution in [0.2, 0.25) is 0 Å². The number of amides is 3. The second-order valence-corrected chi connectivity index (χ2v) is 15.0. The van der Waals surface area contributed by atoms with Gasteiger partial charge in [-0.15, -0.1) is 10.2 Å². The minimum Gasteiger partial charge on any atom is -0.353 e. The predicted molar refractivity (Wildman–Crippen MR) is 191 cm³/mol. The van der Waals surface area contributed by atoms with Crippen LogP contribution in [0.1, 0.15) is 38.3 Å². The normalized spacial score (nSPS) is 15.9. The largest absolute Gasteiger partial charge is 0.353 e. The first-order valence-corrected chi connectivity index (χ1v) is 17.8. The number of nitrogens with one attached hydrogen (secondary N) is 4. The fraction of sp³-hybridized carbons (Fsp3) is 0.353. The van der Waals surface area contributed by atoms with E-state index < -0.39 is 15.6 Å². The number of benzene rings is 2. The molecular weight excluding hydrogens is 659 g/mol. The van der Waals surface area contributed by atoms with Crippen LogP contribution in [0.25, 0.3) is 0 Å². The van der Waals surface area contributed by atoms with Gasteiger partial charge in [0.25, 0.3) is 0 Å². The SMILES string of the molecule is Cc1cnc(Nc2ccc(N3CCN(Cc4cccc(N5CCC(=O)NC5=O)c4)CC3)nn2)nc1Nc1cccc(S(=O)(=O)NC(C)(C)C)c1. The zero-order valence-corrected chi connectivity index (χ0v) is 29.3. The Morgan fingerprint density at radius 2 is 1.68 bits per heavy atom. The molecule has 0 unspecified atom stereocenters. The number of rotatable bonds is 10. The highest BCUT2D eigenvalue weighted by molar-refractivity contribution is 7.89. The van der Waals surface area contributed by atoms with Crippen LogP contribution in [-0.4, -0.2) is 83.7 Å². The van der Waals surface area contributed by atoms with Gasteiger partial charge >= 0.3 is 6.03 Å². The van der Waals surface area contributed by atoms with Crippen LogP contribution in [-0.2, 0) is 21.4 Å².